The van der Waals surface area contributed by atoms with Crippen LogP contribution >= 0.6 is 0 Å². The van der Waals surface area contributed by atoms with Crippen LogP contribution in [0.15, 0.2) is 66.7 Å². The number of amides is 5. The van der Waals surface area contributed by atoms with Crippen molar-refractivity contribution in [2.24, 2.45) is 11.5 Å². The molecule has 278 valence electrons. The van der Waals surface area contributed by atoms with Crippen molar-refractivity contribution in [2.75, 3.05) is 20.2 Å². The highest BCUT2D eigenvalue weighted by Gasteiger charge is 2.29. The topological polar surface area (TPSA) is 276 Å². The van der Waals surface area contributed by atoms with Crippen LogP contribution in [0.3, 0.4) is 0 Å². The first-order valence-electron chi connectivity index (χ1n) is 16.5. The first-order chi connectivity index (χ1) is 24.9. The summed E-state index contributed by atoms with van der Waals surface area (Å²) in [7, 11) is 1.47. The molecule has 0 unspecified atom stereocenters. The van der Waals surface area contributed by atoms with Gasteiger partial charge in [0.25, 0.3) is 5.91 Å². The third-order valence-electron chi connectivity index (χ3n) is 7.72. The summed E-state index contributed by atoms with van der Waals surface area (Å²) in [6, 6.07) is 15.8. The molecule has 0 aromatic heterocycles. The predicted molar refractivity (Wildman–Crippen MR) is 194 cm³/mol. The van der Waals surface area contributed by atoms with E-state index in [0.29, 0.717) is 11.1 Å². The van der Waals surface area contributed by atoms with Crippen LogP contribution < -0.4 is 48.1 Å². The van der Waals surface area contributed by atoms with Crippen molar-refractivity contribution in [3.05, 3.63) is 77.9 Å². The highest BCUT2D eigenvalue weighted by atomic mass is 16.5. The van der Waals surface area contributed by atoms with Crippen LogP contribution in [0, 0.1) is 10.8 Å². The van der Waals surface area contributed by atoms with Gasteiger partial charge in [-0.15, -0.1) is 0 Å². The minimum Gasteiger partial charge on any atom is -0.496 e. The lowest BCUT2D eigenvalue weighted by Gasteiger charge is -2.24. The Kier molecular flexibility index (Phi) is 15.7. The zero-order chi connectivity index (χ0) is 38.0. The summed E-state index contributed by atoms with van der Waals surface area (Å²) in [5.41, 5.74) is 11.6. The number of nitrogens with one attached hydrogen (secondary N) is 8. The van der Waals surface area contributed by atoms with Gasteiger partial charge >= 0.3 is 6.09 Å². The minimum atomic E-state index is -1.24. The van der Waals surface area contributed by atoms with Crippen molar-refractivity contribution in [3.8, 4) is 5.75 Å². The number of methoxy groups -OCH3 is 1. The summed E-state index contributed by atoms with van der Waals surface area (Å²) < 4.78 is 10.6. The standard InChI is InChI=1S/C35H46N10O7/c1-21(42-35(50)52-20-22-10-4-3-5-11-22)29(46)43-26(14-8-16-40-33(36)37)31(48)44-27(15-9-17-41-34(38)39)32(49)45-30(47)24-18-23-12-6-7-13-25(23)28(19-24)51-2/h3-7,10-13,18-19,21,26-27H,8-9,14-17,20H2,1-2H3,(H,42,50)(H,43,46)(H,44,48)(H4,36,37,40)(H4,38,39,41)(H,45,47,49)/t21-,26-,27-/m0/s1. The molecule has 0 saturated heterocycles. The second kappa shape index (κ2) is 20.3. The molecule has 0 heterocycles. The van der Waals surface area contributed by atoms with Crippen LogP contribution in [0.2, 0.25) is 0 Å². The Balaban J connectivity index is 1.73. The molecule has 12 N–H and O–H groups in total. The van der Waals surface area contributed by atoms with Gasteiger partial charge in [0.1, 0.15) is 30.5 Å². The van der Waals surface area contributed by atoms with Gasteiger partial charge in [0.2, 0.25) is 17.7 Å². The molecule has 0 spiro atoms. The van der Waals surface area contributed by atoms with Gasteiger partial charge in [0.15, 0.2) is 11.9 Å². The number of nitrogens with two attached hydrogens (primary N) is 2. The highest BCUT2D eigenvalue weighted by Crippen LogP contribution is 2.27. The third-order valence-corrected chi connectivity index (χ3v) is 7.72. The summed E-state index contributed by atoms with van der Waals surface area (Å²) in [6.45, 7) is 1.80. The molecule has 52 heavy (non-hydrogen) atoms. The van der Waals surface area contributed by atoms with E-state index < -0.39 is 47.8 Å². The van der Waals surface area contributed by atoms with Crippen molar-refractivity contribution in [2.45, 2.75) is 57.3 Å². The van der Waals surface area contributed by atoms with Gasteiger partial charge in [-0.25, -0.2) is 4.79 Å². The fraction of sp³-hybridized carbons (Fsp3) is 0.343. The molecule has 0 saturated carbocycles. The van der Waals surface area contributed by atoms with E-state index in [0.717, 1.165) is 10.9 Å². The fourth-order valence-corrected chi connectivity index (χ4v) is 5.02. The Labute approximate surface area is 300 Å². The van der Waals surface area contributed by atoms with E-state index in [9.17, 15) is 24.0 Å². The van der Waals surface area contributed by atoms with Gasteiger partial charge < -0.3 is 47.5 Å². The number of carbonyl (C=O) groups is 5. The predicted octanol–water partition coefficient (Wildman–Crippen LogP) is 0.916. The van der Waals surface area contributed by atoms with Gasteiger partial charge in [-0.05, 0) is 55.7 Å². The number of ether oxygens (including phenoxy) is 2. The Morgan fingerprint density at radius 3 is 1.94 bits per heavy atom. The van der Waals surface area contributed by atoms with Crippen LogP contribution in [0.25, 0.3) is 10.8 Å². The summed E-state index contributed by atoms with van der Waals surface area (Å²) >= 11 is 0. The monoisotopic (exact) mass is 718 g/mol. The van der Waals surface area contributed by atoms with Crippen molar-refractivity contribution in [1.29, 1.82) is 10.8 Å². The zero-order valence-electron chi connectivity index (χ0n) is 29.0. The average molecular weight is 719 g/mol. The van der Waals surface area contributed by atoms with E-state index in [1.54, 1.807) is 42.5 Å². The van der Waals surface area contributed by atoms with Crippen molar-refractivity contribution in [1.82, 2.24) is 31.9 Å². The molecule has 0 aliphatic rings. The maximum atomic E-state index is 13.7. The normalized spacial score (nSPS) is 12.3. The second-order valence-corrected chi connectivity index (χ2v) is 11.7. The molecular weight excluding hydrogens is 672 g/mol. The van der Waals surface area contributed by atoms with Crippen molar-refractivity contribution in [3.63, 3.8) is 0 Å². The number of hydrogen-bond donors (Lipinski definition) is 10. The SMILES string of the molecule is COc1cc(C(=O)NC(=O)[C@H](CCCNC(=N)N)NC(=O)[C@H](CCCNC(=N)N)NC(=O)[C@H](C)NC(=O)OCc2ccccc2)cc2ccccc12. The Morgan fingerprint density at radius 1 is 0.750 bits per heavy atom. The van der Waals surface area contributed by atoms with E-state index in [4.69, 9.17) is 31.8 Å². The quantitative estimate of drug-likeness (QED) is 0.0502. The number of imide groups is 1. The fourth-order valence-electron chi connectivity index (χ4n) is 5.02. The number of rotatable bonds is 18. The van der Waals surface area contributed by atoms with E-state index >= 15 is 0 Å². The maximum Gasteiger partial charge on any atom is 0.408 e. The zero-order valence-corrected chi connectivity index (χ0v) is 29.0. The van der Waals surface area contributed by atoms with Gasteiger partial charge in [0.05, 0.1) is 7.11 Å². The number of guanidine groups is 2. The Bertz CT molecular complexity index is 1740. The average Bonchev–Trinajstić information content (AvgIpc) is 3.12. The van der Waals surface area contributed by atoms with Crippen LogP contribution in [0.5, 0.6) is 5.75 Å². The first kappa shape index (κ1) is 40.0. The highest BCUT2D eigenvalue weighted by molar-refractivity contribution is 6.09. The van der Waals surface area contributed by atoms with Gasteiger partial charge in [-0.1, -0.05) is 54.6 Å². The maximum absolute atomic E-state index is 13.7. The number of fused-ring (bicyclic) bond motifs is 1. The molecule has 17 heteroatoms. The molecule has 0 radical (unpaired) electrons. The first-order valence-corrected chi connectivity index (χ1v) is 16.5. The van der Waals surface area contributed by atoms with E-state index in [1.807, 2.05) is 18.2 Å². The lowest BCUT2D eigenvalue weighted by atomic mass is 10.0. The van der Waals surface area contributed by atoms with Crippen LogP contribution in [-0.4, -0.2) is 80.0 Å². The van der Waals surface area contributed by atoms with Crippen molar-refractivity contribution < 1.29 is 33.4 Å². The lowest BCUT2D eigenvalue weighted by Crippen LogP contribution is -2.56. The van der Waals surface area contributed by atoms with E-state index in [2.05, 4.69) is 31.9 Å². The van der Waals surface area contributed by atoms with Crippen LogP contribution in [-0.2, 0) is 25.7 Å². The number of hydrogen-bond acceptors (Lipinski definition) is 9. The molecule has 0 bridgehead atoms. The van der Waals surface area contributed by atoms with Gasteiger partial charge in [-0.2, -0.15) is 0 Å². The molecular formula is C35H46N10O7. The Hall–Kier alpha value is -6.39. The number of carbonyl (C=O) groups excluding carboxylic acids is 5. The van der Waals surface area contributed by atoms with Crippen molar-refractivity contribution >= 4 is 52.4 Å². The molecule has 0 aliphatic heterocycles. The molecule has 3 aromatic rings. The molecule has 3 atom stereocenters. The summed E-state index contributed by atoms with van der Waals surface area (Å²) in [4.78, 5) is 66.0. The minimum absolute atomic E-state index is 0.0164. The molecule has 3 rings (SSSR count). The van der Waals surface area contributed by atoms with Crippen LogP contribution in [0.4, 0.5) is 4.79 Å². The van der Waals surface area contributed by atoms with E-state index in [1.165, 1.54) is 20.1 Å². The third kappa shape index (κ3) is 13.1. The molecule has 0 aliphatic carbocycles. The van der Waals surface area contributed by atoms with E-state index in [-0.39, 0.29) is 62.9 Å². The molecule has 5 amide bonds. The van der Waals surface area contributed by atoms with Gasteiger partial charge in [0, 0.05) is 24.0 Å². The van der Waals surface area contributed by atoms with Crippen LogP contribution in [0.1, 0.15) is 48.5 Å². The van der Waals surface area contributed by atoms with Gasteiger partial charge in [-0.3, -0.25) is 35.3 Å². The molecule has 0 fully saturated rings. The summed E-state index contributed by atoms with van der Waals surface area (Å²) in [5, 5.41) is 31.5. The molecule has 3 aromatic carbocycles. The summed E-state index contributed by atoms with van der Waals surface area (Å²) in [6.07, 6.45) is -0.215. The number of benzene rings is 3. The second-order valence-electron chi connectivity index (χ2n) is 11.7. The number of alkyl carbamates (subject to hydrolysis) is 1. The summed E-state index contributed by atoms with van der Waals surface area (Å²) in [5.74, 6) is -3.11. The Morgan fingerprint density at radius 2 is 1.33 bits per heavy atom. The smallest absolute Gasteiger partial charge is 0.408 e. The molecule has 17 nitrogen and oxygen atoms in total. The largest absolute Gasteiger partial charge is 0.496 e. The lowest BCUT2D eigenvalue weighted by molar-refractivity contribution is -0.132.